The van der Waals surface area contributed by atoms with Crippen molar-refractivity contribution in [1.82, 2.24) is 5.32 Å². The minimum Gasteiger partial charge on any atom is -0.394 e. The van der Waals surface area contributed by atoms with Gasteiger partial charge < -0.3 is 65.1 Å². The van der Waals surface area contributed by atoms with Crippen LogP contribution < -0.4 is 5.32 Å². The molecule has 0 radical (unpaired) electrons. The van der Waals surface area contributed by atoms with E-state index in [0.29, 0.717) is 12.8 Å². The lowest BCUT2D eigenvalue weighted by atomic mass is 9.97. The Morgan fingerprint density at radius 2 is 1.21 bits per heavy atom. The van der Waals surface area contributed by atoms with Gasteiger partial charge in [-0.15, -0.1) is 0 Å². The molecule has 14 nitrogen and oxygen atoms in total. The summed E-state index contributed by atoms with van der Waals surface area (Å²) < 4.78 is 22.4. The molecule has 0 aromatic heterocycles. The number of rotatable bonds is 24. The first kappa shape index (κ1) is 42.2. The van der Waals surface area contributed by atoms with Gasteiger partial charge in [-0.2, -0.15) is 0 Å². The Morgan fingerprint density at radius 1 is 0.681 bits per heavy atom. The second-order valence-corrected chi connectivity index (χ2v) is 13.0. The molecule has 278 valence electrons. The zero-order valence-electron chi connectivity index (χ0n) is 28.3. The minimum absolute atomic E-state index is 0.221. The fourth-order valence-electron chi connectivity index (χ4n) is 6.00. The summed E-state index contributed by atoms with van der Waals surface area (Å²) in [6.45, 7) is 2.65. The summed E-state index contributed by atoms with van der Waals surface area (Å²) in [4.78, 5) is 12.8. The predicted molar refractivity (Wildman–Crippen MR) is 171 cm³/mol. The van der Waals surface area contributed by atoms with E-state index >= 15 is 0 Å². The number of carbonyl (C=O) groups excluding carboxylic acids is 1. The van der Waals surface area contributed by atoms with Crippen LogP contribution >= 0.6 is 0 Å². The summed E-state index contributed by atoms with van der Waals surface area (Å²) >= 11 is 0. The number of unbranched alkanes of at least 4 members (excludes halogenated alkanes) is 11. The molecule has 47 heavy (non-hydrogen) atoms. The van der Waals surface area contributed by atoms with E-state index in [9.17, 15) is 45.6 Å². The molecule has 12 unspecified atom stereocenters. The maximum absolute atomic E-state index is 12.8. The molecule has 2 saturated heterocycles. The van der Waals surface area contributed by atoms with Crippen LogP contribution in [0.4, 0.5) is 0 Å². The average Bonchev–Trinajstić information content (AvgIpc) is 3.06. The van der Waals surface area contributed by atoms with Crippen molar-refractivity contribution in [3.05, 3.63) is 0 Å². The van der Waals surface area contributed by atoms with Gasteiger partial charge in [0.15, 0.2) is 12.6 Å². The van der Waals surface area contributed by atoms with Crippen LogP contribution in [-0.2, 0) is 23.7 Å². The van der Waals surface area contributed by atoms with Crippen molar-refractivity contribution in [3.63, 3.8) is 0 Å². The molecule has 2 aliphatic heterocycles. The SMILES string of the molecule is CCCCCCCCCCC(=O)NC(COC1OC(CO)C(OC2OC(CO)C(O)C(O)C2O)C(O)C1O)C(O)CCCCCCC. The van der Waals surface area contributed by atoms with Gasteiger partial charge in [0.1, 0.15) is 48.8 Å². The molecule has 0 aromatic carbocycles. The van der Waals surface area contributed by atoms with Crippen LogP contribution in [0.3, 0.4) is 0 Å². The van der Waals surface area contributed by atoms with E-state index in [0.717, 1.165) is 57.8 Å². The summed E-state index contributed by atoms with van der Waals surface area (Å²) in [6, 6.07) is -0.814. The fraction of sp³-hybridized carbons (Fsp3) is 0.970. The van der Waals surface area contributed by atoms with Crippen LogP contribution in [0.1, 0.15) is 110 Å². The Morgan fingerprint density at radius 3 is 1.81 bits per heavy atom. The Bertz CT molecular complexity index is 821. The van der Waals surface area contributed by atoms with E-state index < -0.39 is 86.8 Å². The van der Waals surface area contributed by atoms with Gasteiger partial charge in [0.2, 0.25) is 5.91 Å². The molecule has 2 rings (SSSR count). The van der Waals surface area contributed by atoms with Crippen molar-refractivity contribution >= 4 is 5.91 Å². The number of hydrogen-bond acceptors (Lipinski definition) is 13. The second-order valence-electron chi connectivity index (χ2n) is 13.0. The number of nitrogens with one attached hydrogen (secondary N) is 1. The standard InChI is InChI=1S/C33H63NO13/c1-3-5-7-9-10-11-13-15-17-25(38)34-21(22(37)16-14-12-8-6-4-2)20-44-32-30(43)28(41)31(24(19-36)46-32)47-33-29(42)27(40)26(39)23(18-35)45-33/h21-24,26-33,35-37,39-43H,3-20H2,1-2H3,(H,34,38). The van der Waals surface area contributed by atoms with Gasteiger partial charge >= 0.3 is 0 Å². The average molecular weight is 682 g/mol. The monoisotopic (exact) mass is 681 g/mol. The summed E-state index contributed by atoms with van der Waals surface area (Å²) in [5.74, 6) is -0.221. The second kappa shape index (κ2) is 23.4. The third kappa shape index (κ3) is 14.0. The zero-order valence-corrected chi connectivity index (χ0v) is 28.3. The molecule has 2 heterocycles. The Labute approximate surface area is 279 Å². The van der Waals surface area contributed by atoms with Crippen molar-refractivity contribution in [1.29, 1.82) is 0 Å². The molecular weight excluding hydrogens is 618 g/mol. The van der Waals surface area contributed by atoms with Gasteiger partial charge in [0.25, 0.3) is 0 Å². The fourth-order valence-corrected chi connectivity index (χ4v) is 6.00. The van der Waals surface area contributed by atoms with Crippen molar-refractivity contribution in [3.8, 4) is 0 Å². The number of carbonyl (C=O) groups is 1. The molecule has 14 heteroatoms. The molecule has 2 fully saturated rings. The Balaban J connectivity index is 1.97. The van der Waals surface area contributed by atoms with Gasteiger partial charge in [0, 0.05) is 6.42 Å². The van der Waals surface area contributed by atoms with Crippen molar-refractivity contribution < 1.29 is 64.6 Å². The van der Waals surface area contributed by atoms with Crippen molar-refractivity contribution in [2.24, 2.45) is 0 Å². The van der Waals surface area contributed by atoms with Crippen LogP contribution in [0.5, 0.6) is 0 Å². The van der Waals surface area contributed by atoms with E-state index in [1.807, 2.05) is 0 Å². The molecule has 1 amide bonds. The molecule has 0 aromatic rings. The number of ether oxygens (including phenoxy) is 4. The van der Waals surface area contributed by atoms with Gasteiger partial charge in [0.05, 0.1) is 32.0 Å². The Kier molecular flexibility index (Phi) is 21.0. The first-order valence-electron chi connectivity index (χ1n) is 17.8. The smallest absolute Gasteiger partial charge is 0.220 e. The molecule has 12 atom stereocenters. The number of aliphatic hydroxyl groups excluding tert-OH is 8. The lowest BCUT2D eigenvalue weighted by Crippen LogP contribution is -2.65. The van der Waals surface area contributed by atoms with Crippen LogP contribution in [-0.4, -0.2) is 140 Å². The van der Waals surface area contributed by atoms with Crippen LogP contribution in [0.25, 0.3) is 0 Å². The summed E-state index contributed by atoms with van der Waals surface area (Å²) in [6.07, 6.45) is -2.21. The molecule has 0 saturated carbocycles. The van der Waals surface area contributed by atoms with E-state index in [2.05, 4.69) is 19.2 Å². The minimum atomic E-state index is -1.77. The third-order valence-electron chi connectivity index (χ3n) is 9.07. The highest BCUT2D eigenvalue weighted by molar-refractivity contribution is 5.76. The van der Waals surface area contributed by atoms with E-state index in [-0.39, 0.29) is 12.5 Å². The van der Waals surface area contributed by atoms with Gasteiger partial charge in [-0.1, -0.05) is 90.9 Å². The van der Waals surface area contributed by atoms with Crippen LogP contribution in [0.15, 0.2) is 0 Å². The largest absolute Gasteiger partial charge is 0.394 e. The van der Waals surface area contributed by atoms with Gasteiger partial charge in [-0.05, 0) is 12.8 Å². The van der Waals surface area contributed by atoms with Gasteiger partial charge in [-0.25, -0.2) is 0 Å². The molecule has 0 bridgehead atoms. The van der Waals surface area contributed by atoms with E-state index in [1.54, 1.807) is 0 Å². The number of aliphatic hydroxyl groups is 8. The van der Waals surface area contributed by atoms with Crippen molar-refractivity contribution in [2.45, 2.75) is 184 Å². The normalized spacial score (nSPS) is 32.6. The first-order chi connectivity index (χ1) is 22.6. The van der Waals surface area contributed by atoms with Crippen molar-refractivity contribution in [2.75, 3.05) is 19.8 Å². The lowest BCUT2D eigenvalue weighted by molar-refractivity contribution is -0.359. The highest BCUT2D eigenvalue weighted by Crippen LogP contribution is 2.29. The number of hydrogen-bond donors (Lipinski definition) is 9. The van der Waals surface area contributed by atoms with Crippen LogP contribution in [0, 0.1) is 0 Å². The Hall–Kier alpha value is -1.01. The molecule has 9 N–H and O–H groups in total. The number of amides is 1. The van der Waals surface area contributed by atoms with E-state index in [4.69, 9.17) is 18.9 Å². The predicted octanol–water partition coefficient (Wildman–Crippen LogP) is 0.364. The summed E-state index contributed by atoms with van der Waals surface area (Å²) in [5, 5.41) is 85.5. The quantitative estimate of drug-likeness (QED) is 0.0628. The lowest BCUT2D eigenvalue weighted by Gasteiger charge is -2.46. The van der Waals surface area contributed by atoms with Gasteiger partial charge in [-0.3, -0.25) is 4.79 Å². The van der Waals surface area contributed by atoms with E-state index in [1.165, 1.54) is 25.7 Å². The third-order valence-corrected chi connectivity index (χ3v) is 9.07. The maximum atomic E-state index is 12.8. The molecule has 0 spiro atoms. The molecular formula is C33H63NO13. The highest BCUT2D eigenvalue weighted by Gasteiger charge is 2.50. The summed E-state index contributed by atoms with van der Waals surface area (Å²) in [7, 11) is 0. The van der Waals surface area contributed by atoms with Crippen LogP contribution in [0.2, 0.25) is 0 Å². The summed E-state index contributed by atoms with van der Waals surface area (Å²) in [5.41, 5.74) is 0. The molecule has 2 aliphatic rings. The molecule has 0 aliphatic carbocycles. The zero-order chi connectivity index (χ0) is 34.8. The maximum Gasteiger partial charge on any atom is 0.220 e. The highest BCUT2D eigenvalue weighted by atomic mass is 16.7. The first-order valence-corrected chi connectivity index (χ1v) is 17.8. The topological polar surface area (TPSA) is 228 Å².